The summed E-state index contributed by atoms with van der Waals surface area (Å²) in [4.78, 5) is 9.70. The molecule has 0 amide bonds. The van der Waals surface area contributed by atoms with E-state index in [0.29, 0.717) is 0 Å². The standard InChI is InChI=1S/C6H4INO4S/c7-13(11,12)6-3-1-5(2-4-6)8(9)10/h1-4H. The van der Waals surface area contributed by atoms with Crippen molar-refractivity contribution in [3.63, 3.8) is 0 Å². The van der Waals surface area contributed by atoms with Crippen molar-refractivity contribution in [3.05, 3.63) is 34.4 Å². The number of nitrogens with zero attached hydrogens (tertiary/aromatic N) is 1. The first-order valence-electron chi connectivity index (χ1n) is 3.10. The second-order valence-corrected chi connectivity index (χ2v) is 7.01. The molecule has 5 nitrogen and oxygen atoms in total. The van der Waals surface area contributed by atoms with Gasteiger partial charge in [0.1, 0.15) is 0 Å². The predicted molar refractivity (Wildman–Crippen MR) is 54.3 cm³/mol. The Labute approximate surface area is 86.4 Å². The van der Waals surface area contributed by atoms with Crippen LogP contribution in [0.4, 0.5) is 5.69 Å². The lowest BCUT2D eigenvalue weighted by Gasteiger charge is -1.94. The summed E-state index contributed by atoms with van der Waals surface area (Å²) in [6, 6.07) is 4.73. The lowest BCUT2D eigenvalue weighted by atomic mass is 10.3. The van der Waals surface area contributed by atoms with Crippen molar-refractivity contribution in [1.29, 1.82) is 0 Å². The molecule has 0 spiro atoms. The zero-order valence-electron chi connectivity index (χ0n) is 6.18. The third-order valence-corrected chi connectivity index (χ3v) is 3.69. The van der Waals surface area contributed by atoms with Crippen LogP contribution in [0.25, 0.3) is 0 Å². The summed E-state index contributed by atoms with van der Waals surface area (Å²) in [6.07, 6.45) is 0. The largest absolute Gasteiger partial charge is 0.269 e. The maximum Gasteiger partial charge on any atom is 0.269 e. The summed E-state index contributed by atoms with van der Waals surface area (Å²) in [7, 11) is -3.30. The van der Waals surface area contributed by atoms with Gasteiger partial charge in [-0.15, -0.1) is 0 Å². The van der Waals surface area contributed by atoms with Crippen LogP contribution in [-0.4, -0.2) is 13.3 Å². The van der Waals surface area contributed by atoms with Crippen LogP contribution < -0.4 is 0 Å². The van der Waals surface area contributed by atoms with Crippen LogP contribution in [0.2, 0.25) is 0 Å². The van der Waals surface area contributed by atoms with Crippen molar-refractivity contribution in [1.82, 2.24) is 0 Å². The van der Waals surface area contributed by atoms with Crippen LogP contribution in [0.3, 0.4) is 0 Å². The number of nitro groups is 1. The molecule has 7 heteroatoms. The van der Waals surface area contributed by atoms with Crippen molar-refractivity contribution in [2.45, 2.75) is 4.90 Å². The molecule has 1 aromatic carbocycles. The first-order chi connectivity index (χ1) is 5.91. The molecule has 0 saturated heterocycles. The third kappa shape index (κ3) is 2.62. The fourth-order valence-corrected chi connectivity index (χ4v) is 2.07. The van der Waals surface area contributed by atoms with Crippen molar-refractivity contribution < 1.29 is 13.3 Å². The molecule has 0 aliphatic rings. The van der Waals surface area contributed by atoms with Gasteiger partial charge >= 0.3 is 0 Å². The predicted octanol–water partition coefficient (Wildman–Crippen LogP) is 1.72. The summed E-state index contributed by atoms with van der Waals surface area (Å²) < 4.78 is 21.9. The van der Waals surface area contributed by atoms with Gasteiger partial charge in [-0.2, -0.15) is 0 Å². The lowest BCUT2D eigenvalue weighted by molar-refractivity contribution is -0.384. The lowest BCUT2D eigenvalue weighted by Crippen LogP contribution is -1.91. The zero-order chi connectivity index (χ0) is 10.1. The van der Waals surface area contributed by atoms with Gasteiger partial charge in [-0.25, -0.2) is 8.42 Å². The normalized spacial score (nSPS) is 11.2. The molecular weight excluding hydrogens is 309 g/mol. The summed E-state index contributed by atoms with van der Waals surface area (Å²) >= 11 is 1.27. The zero-order valence-corrected chi connectivity index (χ0v) is 9.15. The average Bonchev–Trinajstić information content (AvgIpc) is 2.03. The van der Waals surface area contributed by atoms with Crippen LogP contribution in [0.5, 0.6) is 0 Å². The van der Waals surface area contributed by atoms with Crippen LogP contribution in [0.15, 0.2) is 29.2 Å². The molecule has 0 aliphatic heterocycles. The fraction of sp³-hybridized carbons (Fsp3) is 0. The monoisotopic (exact) mass is 313 g/mol. The number of nitro benzene ring substituents is 1. The molecule has 13 heavy (non-hydrogen) atoms. The van der Waals surface area contributed by atoms with E-state index >= 15 is 0 Å². The van der Waals surface area contributed by atoms with Gasteiger partial charge in [0.15, 0.2) is 0 Å². The highest BCUT2D eigenvalue weighted by Gasteiger charge is 2.11. The molecule has 0 radical (unpaired) electrons. The second kappa shape index (κ2) is 3.58. The Morgan fingerprint density at radius 3 is 2.00 bits per heavy atom. The molecule has 0 bridgehead atoms. The molecule has 0 fully saturated rings. The summed E-state index contributed by atoms with van der Waals surface area (Å²) in [6.45, 7) is 0. The molecule has 0 aromatic heterocycles. The number of halogens is 1. The minimum absolute atomic E-state index is 0.0682. The molecular formula is C6H4INO4S. The minimum Gasteiger partial charge on any atom is -0.258 e. The number of hydrogen-bond donors (Lipinski definition) is 0. The van der Waals surface area contributed by atoms with Crippen LogP contribution in [0.1, 0.15) is 0 Å². The van der Waals surface area contributed by atoms with Gasteiger partial charge in [0.25, 0.3) is 5.69 Å². The average molecular weight is 313 g/mol. The van der Waals surface area contributed by atoms with E-state index in [9.17, 15) is 18.5 Å². The first kappa shape index (κ1) is 10.4. The van der Waals surface area contributed by atoms with Crippen molar-refractivity contribution in [2.24, 2.45) is 0 Å². The maximum atomic E-state index is 10.9. The van der Waals surface area contributed by atoms with Crippen molar-refractivity contribution in [2.75, 3.05) is 0 Å². The minimum atomic E-state index is -3.30. The molecule has 1 aromatic rings. The van der Waals surface area contributed by atoms with E-state index in [-0.39, 0.29) is 10.6 Å². The second-order valence-electron chi connectivity index (χ2n) is 2.19. The van der Waals surface area contributed by atoms with Gasteiger partial charge in [0.05, 0.1) is 31.0 Å². The third-order valence-electron chi connectivity index (χ3n) is 1.33. The SMILES string of the molecule is O=[N+]([O-])c1ccc(S(=O)(=O)I)cc1. The van der Waals surface area contributed by atoms with Gasteiger partial charge in [0.2, 0.25) is 7.01 Å². The highest BCUT2D eigenvalue weighted by atomic mass is 127. The van der Waals surface area contributed by atoms with Gasteiger partial charge in [-0.3, -0.25) is 10.1 Å². The Kier molecular flexibility index (Phi) is 2.86. The molecule has 1 rings (SSSR count). The molecule has 0 N–H and O–H groups in total. The highest BCUT2D eigenvalue weighted by molar-refractivity contribution is 14.2. The first-order valence-corrected chi connectivity index (χ1v) is 7.13. The van der Waals surface area contributed by atoms with Gasteiger partial charge in [-0.05, 0) is 12.1 Å². The molecule has 0 atom stereocenters. The molecule has 0 aliphatic carbocycles. The van der Waals surface area contributed by atoms with E-state index in [2.05, 4.69) is 0 Å². The topological polar surface area (TPSA) is 77.3 Å². The van der Waals surface area contributed by atoms with Gasteiger partial charge < -0.3 is 0 Å². The number of hydrogen-bond acceptors (Lipinski definition) is 4. The van der Waals surface area contributed by atoms with E-state index in [1.807, 2.05) is 0 Å². The Balaban J connectivity index is 3.16. The number of non-ortho nitro benzene ring substituents is 1. The Morgan fingerprint density at radius 2 is 1.69 bits per heavy atom. The highest BCUT2D eigenvalue weighted by Crippen LogP contribution is 2.20. The van der Waals surface area contributed by atoms with Gasteiger partial charge in [0, 0.05) is 12.1 Å². The Bertz CT molecular complexity index is 424. The van der Waals surface area contributed by atoms with Gasteiger partial charge in [-0.1, -0.05) is 0 Å². The summed E-state index contributed by atoms with van der Waals surface area (Å²) in [5.74, 6) is 0. The number of benzene rings is 1. The smallest absolute Gasteiger partial charge is 0.258 e. The van der Waals surface area contributed by atoms with Crippen LogP contribution in [-0.2, 0) is 7.01 Å². The molecule has 0 saturated carbocycles. The van der Waals surface area contributed by atoms with E-state index in [4.69, 9.17) is 0 Å². The quantitative estimate of drug-likeness (QED) is 0.360. The molecule has 70 valence electrons. The molecule has 0 heterocycles. The van der Waals surface area contributed by atoms with Crippen LogP contribution >= 0.6 is 21.2 Å². The fourth-order valence-electron chi connectivity index (χ4n) is 0.730. The van der Waals surface area contributed by atoms with Crippen molar-refractivity contribution >= 4 is 33.9 Å². The summed E-state index contributed by atoms with van der Waals surface area (Å²) in [5, 5.41) is 10.2. The molecule has 0 unspecified atom stereocenters. The number of rotatable bonds is 2. The Morgan fingerprint density at radius 1 is 1.23 bits per heavy atom. The van der Waals surface area contributed by atoms with Crippen molar-refractivity contribution in [3.8, 4) is 0 Å². The van der Waals surface area contributed by atoms with Crippen LogP contribution in [0, 0.1) is 10.1 Å². The van der Waals surface area contributed by atoms with E-state index in [1.54, 1.807) is 0 Å². The van der Waals surface area contributed by atoms with E-state index < -0.39 is 11.9 Å². The van der Waals surface area contributed by atoms with E-state index in [1.165, 1.54) is 33.3 Å². The van der Waals surface area contributed by atoms with E-state index in [0.717, 1.165) is 12.1 Å². The summed E-state index contributed by atoms with van der Waals surface area (Å²) in [5.41, 5.74) is -0.121. The maximum absolute atomic E-state index is 10.9. The Hall–Kier alpha value is -0.700.